The first-order valence-electron chi connectivity index (χ1n) is 5.35. The molecule has 0 aromatic rings. The summed E-state index contributed by atoms with van der Waals surface area (Å²) >= 11 is 0. The first kappa shape index (κ1) is 9.44. The van der Waals surface area contributed by atoms with Crippen molar-refractivity contribution in [1.82, 2.24) is 5.32 Å². The summed E-state index contributed by atoms with van der Waals surface area (Å²) in [6.07, 6.45) is 5.67. The molecule has 2 aliphatic heterocycles. The minimum atomic E-state index is -0.579. The van der Waals surface area contributed by atoms with Crippen LogP contribution in [0.4, 0.5) is 0 Å². The molecule has 0 aromatic heterocycles. The lowest BCUT2D eigenvalue weighted by molar-refractivity contribution is -0.00802. The number of ether oxygens (including phenoxy) is 1. The first-order chi connectivity index (χ1) is 6.31. The van der Waals surface area contributed by atoms with Gasteiger partial charge in [0.05, 0.1) is 6.61 Å². The fourth-order valence-electron chi connectivity index (χ4n) is 2.33. The van der Waals surface area contributed by atoms with E-state index in [1.54, 1.807) is 0 Å². The minimum absolute atomic E-state index is 0.262. The Morgan fingerprint density at radius 1 is 1.31 bits per heavy atom. The molecule has 2 aliphatic rings. The predicted octanol–water partition coefficient (Wildman–Crippen LogP) is 0.670. The van der Waals surface area contributed by atoms with Gasteiger partial charge in [-0.1, -0.05) is 12.8 Å². The lowest BCUT2D eigenvalue weighted by atomic mass is 9.90. The molecular weight excluding hydrogens is 166 g/mol. The molecule has 2 N–H and O–H groups in total. The van der Waals surface area contributed by atoms with Crippen molar-refractivity contribution >= 4 is 0 Å². The third-order valence-electron chi connectivity index (χ3n) is 3.24. The van der Waals surface area contributed by atoms with Gasteiger partial charge >= 0.3 is 0 Å². The van der Waals surface area contributed by atoms with Gasteiger partial charge in [0.2, 0.25) is 0 Å². The Labute approximate surface area is 79.5 Å². The normalized spacial score (nSPS) is 41.8. The van der Waals surface area contributed by atoms with E-state index in [0.29, 0.717) is 13.2 Å². The van der Waals surface area contributed by atoms with E-state index in [4.69, 9.17) is 4.74 Å². The van der Waals surface area contributed by atoms with Crippen molar-refractivity contribution < 1.29 is 9.84 Å². The molecule has 2 saturated heterocycles. The van der Waals surface area contributed by atoms with E-state index in [1.165, 1.54) is 19.3 Å². The lowest BCUT2D eigenvalue weighted by Gasteiger charge is -2.31. The zero-order valence-corrected chi connectivity index (χ0v) is 8.09. The van der Waals surface area contributed by atoms with Crippen LogP contribution in [0.1, 0.15) is 32.1 Å². The second-order valence-corrected chi connectivity index (χ2v) is 4.26. The van der Waals surface area contributed by atoms with E-state index in [9.17, 15) is 5.11 Å². The Kier molecular flexibility index (Phi) is 2.86. The monoisotopic (exact) mass is 185 g/mol. The van der Waals surface area contributed by atoms with Crippen molar-refractivity contribution in [1.29, 1.82) is 0 Å². The molecule has 13 heavy (non-hydrogen) atoms. The van der Waals surface area contributed by atoms with E-state index >= 15 is 0 Å². The van der Waals surface area contributed by atoms with Crippen LogP contribution in [-0.2, 0) is 4.74 Å². The Morgan fingerprint density at radius 3 is 3.00 bits per heavy atom. The number of aliphatic hydroxyl groups is 1. The lowest BCUT2D eigenvalue weighted by Crippen LogP contribution is -2.51. The maximum absolute atomic E-state index is 10.3. The molecular formula is C10H19NO2. The van der Waals surface area contributed by atoms with Crippen LogP contribution in [0.15, 0.2) is 0 Å². The highest BCUT2D eigenvalue weighted by Gasteiger charge is 2.40. The van der Waals surface area contributed by atoms with Gasteiger partial charge in [0.15, 0.2) is 0 Å². The zero-order valence-electron chi connectivity index (χ0n) is 8.09. The van der Waals surface area contributed by atoms with Crippen LogP contribution in [-0.4, -0.2) is 36.5 Å². The molecule has 2 atom stereocenters. The highest BCUT2D eigenvalue weighted by Crippen LogP contribution is 2.26. The fraction of sp³-hybridized carbons (Fsp3) is 1.00. The van der Waals surface area contributed by atoms with Crippen LogP contribution in [0.2, 0.25) is 0 Å². The smallest absolute Gasteiger partial charge is 0.105 e. The van der Waals surface area contributed by atoms with Gasteiger partial charge in [-0.2, -0.15) is 0 Å². The summed E-state index contributed by atoms with van der Waals surface area (Å²) in [6, 6.07) is 0.262. The summed E-state index contributed by atoms with van der Waals surface area (Å²) in [4.78, 5) is 0. The van der Waals surface area contributed by atoms with Crippen molar-refractivity contribution in [2.75, 3.05) is 19.8 Å². The molecule has 0 spiro atoms. The van der Waals surface area contributed by atoms with Gasteiger partial charge in [-0.05, 0) is 19.4 Å². The molecule has 2 unspecified atom stereocenters. The quantitative estimate of drug-likeness (QED) is 0.631. The van der Waals surface area contributed by atoms with E-state index in [0.717, 1.165) is 19.4 Å². The van der Waals surface area contributed by atoms with Crippen LogP contribution in [0.3, 0.4) is 0 Å². The van der Waals surface area contributed by atoms with Gasteiger partial charge in [-0.15, -0.1) is 0 Å². The van der Waals surface area contributed by atoms with Crippen LogP contribution in [0.5, 0.6) is 0 Å². The summed E-state index contributed by atoms with van der Waals surface area (Å²) in [5.41, 5.74) is -0.579. The number of nitrogens with one attached hydrogen (secondary N) is 1. The summed E-state index contributed by atoms with van der Waals surface area (Å²) in [5.74, 6) is 0. The van der Waals surface area contributed by atoms with Crippen molar-refractivity contribution in [3.05, 3.63) is 0 Å². The van der Waals surface area contributed by atoms with Gasteiger partial charge in [0.25, 0.3) is 0 Å². The molecule has 2 rings (SSSR count). The van der Waals surface area contributed by atoms with Crippen LogP contribution in [0, 0.1) is 0 Å². The molecule has 76 valence electrons. The molecule has 3 heteroatoms. The third-order valence-corrected chi connectivity index (χ3v) is 3.24. The van der Waals surface area contributed by atoms with E-state index < -0.39 is 5.60 Å². The molecule has 2 heterocycles. The summed E-state index contributed by atoms with van der Waals surface area (Å²) in [7, 11) is 0. The van der Waals surface area contributed by atoms with E-state index in [-0.39, 0.29) is 6.04 Å². The van der Waals surface area contributed by atoms with Gasteiger partial charge in [-0.3, -0.25) is 0 Å². The predicted molar refractivity (Wildman–Crippen MR) is 50.6 cm³/mol. The average Bonchev–Trinajstić information content (AvgIpc) is 2.44. The molecule has 3 nitrogen and oxygen atoms in total. The first-order valence-corrected chi connectivity index (χ1v) is 5.35. The van der Waals surface area contributed by atoms with Crippen molar-refractivity contribution in [3.8, 4) is 0 Å². The third kappa shape index (κ3) is 2.03. The maximum Gasteiger partial charge on any atom is 0.105 e. The summed E-state index contributed by atoms with van der Waals surface area (Å²) in [5, 5.41) is 13.7. The molecule has 0 amide bonds. The average molecular weight is 185 g/mol. The fourth-order valence-corrected chi connectivity index (χ4v) is 2.33. The van der Waals surface area contributed by atoms with Crippen molar-refractivity contribution in [3.63, 3.8) is 0 Å². The minimum Gasteiger partial charge on any atom is -0.386 e. The molecule has 0 radical (unpaired) electrons. The Balaban J connectivity index is 1.96. The standard InChI is InChI=1S/C10H19NO2/c12-10(5-7-13-8-10)9-4-2-1-3-6-11-9/h9,11-12H,1-8H2. The molecule has 0 aliphatic carbocycles. The van der Waals surface area contributed by atoms with Crippen LogP contribution >= 0.6 is 0 Å². The van der Waals surface area contributed by atoms with Crippen LogP contribution < -0.4 is 5.32 Å². The number of hydrogen-bond donors (Lipinski definition) is 2. The summed E-state index contributed by atoms with van der Waals surface area (Å²) < 4.78 is 5.26. The number of hydrogen-bond acceptors (Lipinski definition) is 3. The van der Waals surface area contributed by atoms with Crippen molar-refractivity contribution in [2.45, 2.75) is 43.7 Å². The molecule has 2 fully saturated rings. The highest BCUT2D eigenvalue weighted by atomic mass is 16.5. The van der Waals surface area contributed by atoms with E-state index in [2.05, 4.69) is 5.32 Å². The highest BCUT2D eigenvalue weighted by molar-refractivity contribution is 4.95. The molecule has 0 aromatic carbocycles. The Hall–Kier alpha value is -0.120. The molecule has 0 bridgehead atoms. The molecule has 0 saturated carbocycles. The van der Waals surface area contributed by atoms with Gasteiger partial charge in [-0.25, -0.2) is 0 Å². The second-order valence-electron chi connectivity index (χ2n) is 4.26. The summed E-state index contributed by atoms with van der Waals surface area (Å²) in [6.45, 7) is 2.28. The maximum atomic E-state index is 10.3. The SMILES string of the molecule is OC1(C2CCCCCN2)CCOC1. The largest absolute Gasteiger partial charge is 0.386 e. The zero-order chi connectivity index (χ0) is 9.15. The van der Waals surface area contributed by atoms with E-state index in [1.807, 2.05) is 0 Å². The van der Waals surface area contributed by atoms with Gasteiger partial charge in [0.1, 0.15) is 5.60 Å². The second kappa shape index (κ2) is 3.95. The van der Waals surface area contributed by atoms with Gasteiger partial charge in [0, 0.05) is 19.1 Å². The van der Waals surface area contributed by atoms with Crippen LogP contribution in [0.25, 0.3) is 0 Å². The topological polar surface area (TPSA) is 41.5 Å². The Bertz CT molecular complexity index is 158. The Morgan fingerprint density at radius 2 is 2.23 bits per heavy atom. The van der Waals surface area contributed by atoms with Crippen molar-refractivity contribution in [2.24, 2.45) is 0 Å². The number of rotatable bonds is 1. The van der Waals surface area contributed by atoms with Gasteiger partial charge < -0.3 is 15.2 Å².